The number of halogens is 3. The number of nitrogens with one attached hydrogen (secondary N) is 2. The van der Waals surface area contributed by atoms with E-state index in [0.29, 0.717) is 19.5 Å². The number of hydrogen-bond acceptors (Lipinski definition) is 5. The topological polar surface area (TPSA) is 70.2 Å². The predicted molar refractivity (Wildman–Crippen MR) is 71.0 cm³/mol. The van der Waals surface area contributed by atoms with Crippen molar-refractivity contribution in [1.29, 1.82) is 0 Å². The zero-order chi connectivity index (χ0) is 15.6. The zero-order valence-electron chi connectivity index (χ0n) is 11.7. The van der Waals surface area contributed by atoms with E-state index >= 15 is 0 Å². The van der Waals surface area contributed by atoms with Crippen molar-refractivity contribution in [1.82, 2.24) is 15.3 Å². The Morgan fingerprint density at radius 3 is 2.71 bits per heavy atom. The second-order valence-corrected chi connectivity index (χ2v) is 4.81. The summed E-state index contributed by atoms with van der Waals surface area (Å²) in [5, 5.41) is 5.35. The number of hydrogen-bond donors (Lipinski definition) is 2. The monoisotopic (exact) mass is 303 g/mol. The van der Waals surface area contributed by atoms with Gasteiger partial charge in [0.15, 0.2) is 0 Å². The normalized spacial score (nSPS) is 18.7. The van der Waals surface area contributed by atoms with Crippen molar-refractivity contribution < 1.29 is 18.0 Å². The number of amides is 1. The largest absolute Gasteiger partial charge is 0.451 e. The maximum atomic E-state index is 12.8. The molecule has 0 aliphatic carbocycles. The van der Waals surface area contributed by atoms with Crippen LogP contribution in [0.15, 0.2) is 6.07 Å². The van der Waals surface area contributed by atoms with Gasteiger partial charge in [0.2, 0.25) is 11.7 Å². The van der Waals surface area contributed by atoms with Gasteiger partial charge < -0.3 is 15.5 Å². The van der Waals surface area contributed by atoms with Crippen LogP contribution in [0.1, 0.15) is 19.2 Å². The summed E-state index contributed by atoms with van der Waals surface area (Å²) in [6.07, 6.45) is -3.93. The van der Waals surface area contributed by atoms with Gasteiger partial charge in [-0.25, -0.2) is 9.97 Å². The first-order valence-electron chi connectivity index (χ1n) is 6.45. The van der Waals surface area contributed by atoms with Crippen molar-refractivity contribution in [2.45, 2.75) is 25.6 Å². The van der Waals surface area contributed by atoms with E-state index in [4.69, 9.17) is 0 Å². The van der Waals surface area contributed by atoms with Crippen LogP contribution in [0, 0.1) is 0 Å². The van der Waals surface area contributed by atoms with Crippen LogP contribution in [0.3, 0.4) is 0 Å². The van der Waals surface area contributed by atoms with E-state index < -0.39 is 12.0 Å². The van der Waals surface area contributed by atoms with Crippen LogP contribution in [0.25, 0.3) is 0 Å². The Hall–Kier alpha value is -2.06. The average Bonchev–Trinajstić information content (AvgIpc) is 2.84. The predicted octanol–water partition coefficient (Wildman–Crippen LogP) is 1.25. The molecule has 2 heterocycles. The van der Waals surface area contributed by atoms with Crippen LogP contribution < -0.4 is 15.5 Å². The molecule has 0 radical (unpaired) electrons. The summed E-state index contributed by atoms with van der Waals surface area (Å²) in [5.41, 5.74) is 0. The lowest BCUT2D eigenvalue weighted by Crippen LogP contribution is -2.35. The van der Waals surface area contributed by atoms with Crippen LogP contribution in [0.4, 0.5) is 24.8 Å². The third-order valence-electron chi connectivity index (χ3n) is 3.14. The average molecular weight is 303 g/mol. The highest BCUT2D eigenvalue weighted by Gasteiger charge is 2.36. The highest BCUT2D eigenvalue weighted by Crippen LogP contribution is 2.30. The summed E-state index contributed by atoms with van der Waals surface area (Å²) in [5.74, 6) is -1.02. The number of rotatable bonds is 3. The van der Waals surface area contributed by atoms with Crippen LogP contribution >= 0.6 is 0 Å². The molecule has 1 saturated heterocycles. The number of carbonyl (C=O) groups excluding carboxylic acids is 1. The Kier molecular flexibility index (Phi) is 4.19. The van der Waals surface area contributed by atoms with Gasteiger partial charge in [-0.1, -0.05) is 0 Å². The fourth-order valence-corrected chi connectivity index (χ4v) is 2.22. The number of carbonyl (C=O) groups is 1. The third kappa shape index (κ3) is 3.73. The van der Waals surface area contributed by atoms with Gasteiger partial charge in [-0.2, -0.15) is 13.2 Å². The Labute approximate surface area is 119 Å². The minimum absolute atomic E-state index is 0.0789. The first-order valence-corrected chi connectivity index (χ1v) is 6.45. The summed E-state index contributed by atoms with van der Waals surface area (Å²) in [4.78, 5) is 19.7. The Bertz CT molecular complexity index is 534. The fraction of sp³-hybridized carbons (Fsp3) is 0.583. The standard InChI is InChI=1S/C12H16F3N5O/c1-7(21)17-8-3-4-20(6-8)10-5-9(16-2)18-11(19-10)12(13,14)15/h5,8H,3-4,6H2,1-2H3,(H,17,21)(H,16,18,19). The molecule has 116 valence electrons. The summed E-state index contributed by atoms with van der Waals surface area (Å²) in [6.45, 7) is 2.37. The van der Waals surface area contributed by atoms with Gasteiger partial charge in [-0.3, -0.25) is 4.79 Å². The van der Waals surface area contributed by atoms with Crippen LogP contribution in [-0.2, 0) is 11.0 Å². The van der Waals surface area contributed by atoms with Crippen LogP contribution in [-0.4, -0.2) is 42.1 Å². The van der Waals surface area contributed by atoms with Crippen molar-refractivity contribution in [3.63, 3.8) is 0 Å². The molecule has 1 unspecified atom stereocenters. The van der Waals surface area contributed by atoms with Crippen molar-refractivity contribution in [3.05, 3.63) is 11.9 Å². The molecule has 0 aromatic carbocycles. The Balaban J connectivity index is 2.22. The molecule has 6 nitrogen and oxygen atoms in total. The molecule has 2 rings (SSSR count). The van der Waals surface area contributed by atoms with Crippen molar-refractivity contribution in [3.8, 4) is 0 Å². The SMILES string of the molecule is CNc1cc(N2CCC(NC(C)=O)C2)nc(C(F)(F)F)n1. The van der Waals surface area contributed by atoms with E-state index in [0.717, 1.165) is 0 Å². The van der Waals surface area contributed by atoms with Gasteiger partial charge >= 0.3 is 6.18 Å². The minimum Gasteiger partial charge on any atom is -0.373 e. The lowest BCUT2D eigenvalue weighted by molar-refractivity contribution is -0.144. The van der Waals surface area contributed by atoms with Gasteiger partial charge in [0.05, 0.1) is 0 Å². The van der Waals surface area contributed by atoms with Crippen molar-refractivity contribution >= 4 is 17.5 Å². The van der Waals surface area contributed by atoms with Gasteiger partial charge in [0.25, 0.3) is 0 Å². The van der Waals surface area contributed by atoms with E-state index in [9.17, 15) is 18.0 Å². The van der Waals surface area contributed by atoms with Crippen LogP contribution in [0.2, 0.25) is 0 Å². The Morgan fingerprint density at radius 1 is 1.43 bits per heavy atom. The van der Waals surface area contributed by atoms with Crippen LogP contribution in [0.5, 0.6) is 0 Å². The molecule has 1 aromatic rings. The second kappa shape index (κ2) is 5.74. The first kappa shape index (κ1) is 15.3. The molecule has 1 atom stereocenters. The lowest BCUT2D eigenvalue weighted by Gasteiger charge is -2.19. The van der Waals surface area contributed by atoms with Gasteiger partial charge in [-0.15, -0.1) is 0 Å². The first-order chi connectivity index (χ1) is 9.79. The molecular formula is C12H16F3N5O. The van der Waals surface area contributed by atoms with Gasteiger partial charge in [-0.05, 0) is 6.42 Å². The summed E-state index contributed by atoms with van der Waals surface area (Å²) < 4.78 is 38.4. The molecule has 9 heteroatoms. The number of anilines is 2. The zero-order valence-corrected chi connectivity index (χ0v) is 11.7. The molecule has 21 heavy (non-hydrogen) atoms. The van der Waals surface area contributed by atoms with Gasteiger partial charge in [0, 0.05) is 39.2 Å². The molecule has 0 bridgehead atoms. The lowest BCUT2D eigenvalue weighted by atomic mass is 10.3. The highest BCUT2D eigenvalue weighted by atomic mass is 19.4. The smallest absolute Gasteiger partial charge is 0.373 e. The molecule has 1 amide bonds. The van der Waals surface area contributed by atoms with E-state index in [-0.39, 0.29) is 23.6 Å². The molecular weight excluding hydrogens is 287 g/mol. The maximum Gasteiger partial charge on any atom is 0.451 e. The summed E-state index contributed by atoms with van der Waals surface area (Å²) in [6, 6.07) is 1.38. The molecule has 1 aromatic heterocycles. The molecule has 0 saturated carbocycles. The number of alkyl halides is 3. The molecule has 1 fully saturated rings. The number of aromatic nitrogens is 2. The van der Waals surface area contributed by atoms with E-state index in [1.165, 1.54) is 20.0 Å². The fourth-order valence-electron chi connectivity index (χ4n) is 2.22. The summed E-state index contributed by atoms with van der Waals surface area (Å²) in [7, 11) is 1.50. The molecule has 0 spiro atoms. The quantitative estimate of drug-likeness (QED) is 0.879. The molecule has 2 N–H and O–H groups in total. The van der Waals surface area contributed by atoms with Crippen molar-refractivity contribution in [2.75, 3.05) is 30.4 Å². The highest BCUT2D eigenvalue weighted by molar-refractivity contribution is 5.73. The molecule has 1 aliphatic rings. The molecule has 1 aliphatic heterocycles. The van der Waals surface area contributed by atoms with E-state index in [2.05, 4.69) is 20.6 Å². The van der Waals surface area contributed by atoms with E-state index in [1.54, 1.807) is 4.90 Å². The van der Waals surface area contributed by atoms with Gasteiger partial charge in [0.1, 0.15) is 11.6 Å². The van der Waals surface area contributed by atoms with E-state index in [1.807, 2.05) is 0 Å². The van der Waals surface area contributed by atoms with Crippen molar-refractivity contribution in [2.24, 2.45) is 0 Å². The summed E-state index contributed by atoms with van der Waals surface area (Å²) >= 11 is 0. The maximum absolute atomic E-state index is 12.8. The minimum atomic E-state index is -4.60. The second-order valence-electron chi connectivity index (χ2n) is 4.81. The number of nitrogens with zero attached hydrogens (tertiary/aromatic N) is 3. The Morgan fingerprint density at radius 2 is 2.14 bits per heavy atom. The third-order valence-corrected chi connectivity index (χ3v) is 3.14.